The molecular formula is C15H20FN3O. The highest BCUT2D eigenvalue weighted by atomic mass is 19.1. The Morgan fingerprint density at radius 1 is 1.35 bits per heavy atom. The molecule has 1 amide bonds. The van der Waals surface area contributed by atoms with Gasteiger partial charge in [0.15, 0.2) is 0 Å². The molecule has 0 bridgehead atoms. The summed E-state index contributed by atoms with van der Waals surface area (Å²) in [5.41, 5.74) is 0.339. The van der Waals surface area contributed by atoms with Gasteiger partial charge < -0.3 is 10.2 Å². The summed E-state index contributed by atoms with van der Waals surface area (Å²) in [7, 11) is 0. The molecule has 1 N–H and O–H groups in total. The lowest BCUT2D eigenvalue weighted by Crippen LogP contribution is -2.46. The predicted molar refractivity (Wildman–Crippen MR) is 73.8 cm³/mol. The van der Waals surface area contributed by atoms with Crippen LogP contribution >= 0.6 is 0 Å². The summed E-state index contributed by atoms with van der Waals surface area (Å²) < 4.78 is 12.9. The van der Waals surface area contributed by atoms with Crippen molar-refractivity contribution in [1.82, 2.24) is 15.2 Å². The molecule has 4 nitrogen and oxygen atoms in total. The van der Waals surface area contributed by atoms with E-state index in [0.29, 0.717) is 17.7 Å². The molecule has 0 aromatic carbocycles. The van der Waals surface area contributed by atoms with Gasteiger partial charge in [0.2, 0.25) is 0 Å². The number of rotatable bonds is 2. The molecule has 1 aromatic heterocycles. The normalized spacial score (nSPS) is 26.8. The van der Waals surface area contributed by atoms with Crippen molar-refractivity contribution >= 4 is 5.91 Å². The highest BCUT2D eigenvalue weighted by molar-refractivity contribution is 5.92. The fraction of sp³-hybridized carbons (Fsp3) is 0.600. The minimum Gasteiger partial charge on any atom is -0.337 e. The van der Waals surface area contributed by atoms with Crippen molar-refractivity contribution in [2.75, 3.05) is 19.6 Å². The van der Waals surface area contributed by atoms with Crippen molar-refractivity contribution < 1.29 is 9.18 Å². The Kier molecular flexibility index (Phi) is 3.96. The van der Waals surface area contributed by atoms with E-state index in [0.717, 1.165) is 32.3 Å². The van der Waals surface area contributed by atoms with E-state index in [2.05, 4.69) is 10.3 Å². The summed E-state index contributed by atoms with van der Waals surface area (Å²) in [5, 5.41) is 3.53. The molecule has 108 valence electrons. The van der Waals surface area contributed by atoms with Gasteiger partial charge in [-0.05, 0) is 50.3 Å². The van der Waals surface area contributed by atoms with Crippen LogP contribution in [0.4, 0.5) is 4.39 Å². The number of hydrogen-bond donors (Lipinski definition) is 1. The van der Waals surface area contributed by atoms with Crippen LogP contribution in [0.15, 0.2) is 18.3 Å². The first-order chi connectivity index (χ1) is 9.74. The van der Waals surface area contributed by atoms with Crippen LogP contribution in [0.3, 0.4) is 0 Å². The minimum absolute atomic E-state index is 0.0762. The fourth-order valence-corrected chi connectivity index (χ4v) is 3.30. The Labute approximate surface area is 118 Å². The number of piperidine rings is 1. The first-order valence-electron chi connectivity index (χ1n) is 7.38. The summed E-state index contributed by atoms with van der Waals surface area (Å²) in [6.45, 7) is 2.66. The molecule has 2 fully saturated rings. The summed E-state index contributed by atoms with van der Waals surface area (Å²) >= 11 is 0. The van der Waals surface area contributed by atoms with Crippen molar-refractivity contribution in [2.45, 2.75) is 31.7 Å². The number of aromatic nitrogens is 1. The number of hydrogen-bond acceptors (Lipinski definition) is 3. The summed E-state index contributed by atoms with van der Waals surface area (Å²) in [4.78, 5) is 18.2. The van der Waals surface area contributed by atoms with Crippen LogP contribution in [0.1, 0.15) is 36.2 Å². The molecule has 0 aliphatic carbocycles. The number of pyridine rings is 1. The zero-order chi connectivity index (χ0) is 13.9. The van der Waals surface area contributed by atoms with E-state index in [4.69, 9.17) is 0 Å². The number of likely N-dealkylation sites (tertiary alicyclic amines) is 1. The molecule has 2 aliphatic heterocycles. The standard InChI is InChI=1S/C15H20FN3O/c16-12-5-6-14(18-9-12)15(20)19-8-2-3-11(10-19)13-4-1-7-17-13/h5-6,9,11,13,17H,1-4,7-8,10H2. The van der Waals surface area contributed by atoms with Crippen LogP contribution in [0, 0.1) is 11.7 Å². The second-order valence-corrected chi connectivity index (χ2v) is 5.72. The molecule has 2 saturated heterocycles. The van der Waals surface area contributed by atoms with E-state index in [9.17, 15) is 9.18 Å². The lowest BCUT2D eigenvalue weighted by molar-refractivity contribution is 0.0645. The van der Waals surface area contributed by atoms with Gasteiger partial charge in [-0.15, -0.1) is 0 Å². The zero-order valence-corrected chi connectivity index (χ0v) is 11.5. The number of nitrogens with one attached hydrogen (secondary N) is 1. The number of halogens is 1. The monoisotopic (exact) mass is 277 g/mol. The van der Waals surface area contributed by atoms with Gasteiger partial charge in [-0.1, -0.05) is 0 Å². The minimum atomic E-state index is -0.409. The van der Waals surface area contributed by atoms with Crippen molar-refractivity contribution in [2.24, 2.45) is 5.92 Å². The van der Waals surface area contributed by atoms with Gasteiger partial charge in [-0.3, -0.25) is 4.79 Å². The molecule has 0 radical (unpaired) electrons. The van der Waals surface area contributed by atoms with Gasteiger partial charge >= 0.3 is 0 Å². The fourth-order valence-electron chi connectivity index (χ4n) is 3.30. The molecule has 3 rings (SSSR count). The van der Waals surface area contributed by atoms with Gasteiger partial charge in [0.1, 0.15) is 11.5 Å². The van der Waals surface area contributed by atoms with Crippen LogP contribution in [0.25, 0.3) is 0 Å². The maximum absolute atomic E-state index is 12.9. The molecule has 2 unspecified atom stereocenters. The molecule has 20 heavy (non-hydrogen) atoms. The van der Waals surface area contributed by atoms with Crippen molar-refractivity contribution in [3.05, 3.63) is 29.8 Å². The second kappa shape index (κ2) is 5.87. The second-order valence-electron chi connectivity index (χ2n) is 5.72. The Morgan fingerprint density at radius 2 is 2.25 bits per heavy atom. The Hall–Kier alpha value is -1.49. The van der Waals surface area contributed by atoms with Crippen LogP contribution in [-0.2, 0) is 0 Å². The third-order valence-corrected chi connectivity index (χ3v) is 4.36. The van der Waals surface area contributed by atoms with Crippen LogP contribution in [-0.4, -0.2) is 41.5 Å². The first kappa shape index (κ1) is 13.5. The summed E-state index contributed by atoms with van der Waals surface area (Å²) in [6, 6.07) is 3.31. The maximum Gasteiger partial charge on any atom is 0.272 e. The topological polar surface area (TPSA) is 45.2 Å². The smallest absolute Gasteiger partial charge is 0.272 e. The lowest BCUT2D eigenvalue weighted by atomic mass is 9.89. The van der Waals surface area contributed by atoms with E-state index in [1.54, 1.807) is 0 Å². The van der Waals surface area contributed by atoms with E-state index >= 15 is 0 Å². The van der Waals surface area contributed by atoms with Gasteiger partial charge in [-0.2, -0.15) is 0 Å². The Bertz CT molecular complexity index is 471. The number of nitrogens with zero attached hydrogens (tertiary/aromatic N) is 2. The van der Waals surface area contributed by atoms with Crippen molar-refractivity contribution in [3.63, 3.8) is 0 Å². The van der Waals surface area contributed by atoms with E-state index in [1.807, 2.05) is 4.90 Å². The molecule has 3 heterocycles. The number of carbonyl (C=O) groups excluding carboxylic acids is 1. The summed E-state index contributed by atoms with van der Waals surface area (Å²) in [5.74, 6) is 0.0524. The van der Waals surface area contributed by atoms with E-state index in [-0.39, 0.29) is 5.91 Å². The highest BCUT2D eigenvalue weighted by Crippen LogP contribution is 2.25. The number of amides is 1. The molecule has 5 heteroatoms. The Morgan fingerprint density at radius 3 is 2.95 bits per heavy atom. The lowest BCUT2D eigenvalue weighted by Gasteiger charge is -2.35. The summed E-state index contributed by atoms with van der Waals surface area (Å²) in [6.07, 6.45) is 5.76. The zero-order valence-electron chi connectivity index (χ0n) is 11.5. The molecular weight excluding hydrogens is 257 g/mol. The van der Waals surface area contributed by atoms with E-state index < -0.39 is 5.82 Å². The number of carbonyl (C=O) groups is 1. The molecule has 2 atom stereocenters. The van der Waals surface area contributed by atoms with Crippen LogP contribution in [0.5, 0.6) is 0 Å². The molecule has 0 spiro atoms. The van der Waals surface area contributed by atoms with Gasteiger partial charge in [-0.25, -0.2) is 9.37 Å². The SMILES string of the molecule is O=C(c1ccc(F)cn1)N1CCCC(C2CCCN2)C1. The quantitative estimate of drug-likeness (QED) is 0.897. The first-order valence-corrected chi connectivity index (χ1v) is 7.38. The molecule has 2 aliphatic rings. The van der Waals surface area contributed by atoms with Crippen LogP contribution in [0.2, 0.25) is 0 Å². The Balaban J connectivity index is 1.66. The van der Waals surface area contributed by atoms with Gasteiger partial charge in [0, 0.05) is 19.1 Å². The highest BCUT2D eigenvalue weighted by Gasteiger charge is 2.31. The average Bonchev–Trinajstić information content (AvgIpc) is 3.02. The van der Waals surface area contributed by atoms with Crippen molar-refractivity contribution in [3.8, 4) is 0 Å². The molecule has 0 saturated carbocycles. The third-order valence-electron chi connectivity index (χ3n) is 4.36. The largest absolute Gasteiger partial charge is 0.337 e. The van der Waals surface area contributed by atoms with Crippen LogP contribution < -0.4 is 5.32 Å². The maximum atomic E-state index is 12.9. The predicted octanol–water partition coefficient (Wildman–Crippen LogP) is 1.82. The third kappa shape index (κ3) is 2.82. The van der Waals surface area contributed by atoms with Gasteiger partial charge in [0.05, 0.1) is 6.20 Å². The molecule has 1 aromatic rings. The van der Waals surface area contributed by atoms with E-state index in [1.165, 1.54) is 31.4 Å². The average molecular weight is 277 g/mol. The van der Waals surface area contributed by atoms with Gasteiger partial charge in [0.25, 0.3) is 5.91 Å². The van der Waals surface area contributed by atoms with Crippen molar-refractivity contribution in [1.29, 1.82) is 0 Å².